The molecule has 0 aliphatic rings. The summed E-state index contributed by atoms with van der Waals surface area (Å²) in [6.07, 6.45) is 3.45. The number of carbonyl (C=O) groups excluding carboxylic acids is 1. The molecule has 0 aliphatic heterocycles. The third kappa shape index (κ3) is 3.77. The molecule has 7 nitrogen and oxygen atoms in total. The molecule has 0 unspecified atom stereocenters. The Morgan fingerprint density at radius 1 is 1.25 bits per heavy atom. The largest absolute Gasteiger partial charge is 0.459 e. The molecule has 4 rings (SSSR count). The molecule has 0 saturated carbocycles. The summed E-state index contributed by atoms with van der Waals surface area (Å²) in [5.74, 6) is 1.59. The first-order valence-electron chi connectivity index (χ1n) is 8.82. The first-order valence-corrected chi connectivity index (χ1v) is 9.81. The van der Waals surface area contributed by atoms with Crippen molar-refractivity contribution < 1.29 is 9.21 Å². The normalized spacial score (nSPS) is 12.2. The number of thioether (sulfide) groups is 1. The maximum Gasteiger partial charge on any atom is 0.231 e. The fourth-order valence-electron chi connectivity index (χ4n) is 2.89. The minimum atomic E-state index is -0.217. The van der Waals surface area contributed by atoms with Gasteiger partial charge in [0, 0.05) is 30.4 Å². The lowest BCUT2D eigenvalue weighted by Crippen LogP contribution is -2.28. The van der Waals surface area contributed by atoms with E-state index in [1.807, 2.05) is 61.0 Å². The van der Waals surface area contributed by atoms with Crippen molar-refractivity contribution in [2.75, 3.05) is 5.75 Å². The van der Waals surface area contributed by atoms with E-state index >= 15 is 0 Å². The number of carbonyl (C=O) groups is 1. The van der Waals surface area contributed by atoms with Crippen LogP contribution in [0.2, 0.25) is 0 Å². The zero-order chi connectivity index (χ0) is 19.5. The van der Waals surface area contributed by atoms with Crippen molar-refractivity contribution in [1.82, 2.24) is 25.1 Å². The smallest absolute Gasteiger partial charge is 0.231 e. The van der Waals surface area contributed by atoms with Crippen molar-refractivity contribution >= 4 is 28.6 Å². The Labute approximate surface area is 166 Å². The van der Waals surface area contributed by atoms with Crippen molar-refractivity contribution in [3.05, 3.63) is 60.6 Å². The Bertz CT molecular complexity index is 1070. The van der Waals surface area contributed by atoms with Gasteiger partial charge in [0.2, 0.25) is 5.91 Å². The van der Waals surface area contributed by atoms with E-state index in [0.29, 0.717) is 11.0 Å². The van der Waals surface area contributed by atoms with Crippen LogP contribution in [0, 0.1) is 0 Å². The molecule has 0 fully saturated rings. The van der Waals surface area contributed by atoms with E-state index in [4.69, 9.17) is 4.42 Å². The van der Waals surface area contributed by atoms with Crippen molar-refractivity contribution in [2.45, 2.75) is 18.1 Å². The van der Waals surface area contributed by atoms with Gasteiger partial charge < -0.3 is 14.3 Å². The van der Waals surface area contributed by atoms with Crippen LogP contribution in [0.1, 0.15) is 18.7 Å². The Balaban J connectivity index is 1.37. The highest BCUT2D eigenvalue weighted by Gasteiger charge is 2.16. The van der Waals surface area contributed by atoms with E-state index in [-0.39, 0.29) is 17.7 Å². The Kier molecular flexibility index (Phi) is 5.12. The molecule has 0 radical (unpaired) electrons. The van der Waals surface area contributed by atoms with Crippen LogP contribution in [0.5, 0.6) is 0 Å². The molecule has 1 amide bonds. The summed E-state index contributed by atoms with van der Waals surface area (Å²) in [6.45, 7) is 1.91. The van der Waals surface area contributed by atoms with E-state index in [1.165, 1.54) is 11.8 Å². The number of nitrogens with one attached hydrogen (secondary N) is 1. The first-order chi connectivity index (χ1) is 13.6. The van der Waals surface area contributed by atoms with Gasteiger partial charge in [-0.2, -0.15) is 0 Å². The summed E-state index contributed by atoms with van der Waals surface area (Å²) < 4.78 is 7.67. The second-order valence-electron chi connectivity index (χ2n) is 6.37. The van der Waals surface area contributed by atoms with Gasteiger partial charge in [-0.1, -0.05) is 30.0 Å². The highest BCUT2D eigenvalue weighted by atomic mass is 32.2. The summed E-state index contributed by atoms with van der Waals surface area (Å²) in [7, 11) is 1.87. The van der Waals surface area contributed by atoms with Gasteiger partial charge in [-0.05, 0) is 31.2 Å². The molecule has 8 heteroatoms. The maximum absolute atomic E-state index is 12.4. The number of rotatable bonds is 6. The molecule has 28 heavy (non-hydrogen) atoms. The highest BCUT2D eigenvalue weighted by Crippen LogP contribution is 2.24. The van der Waals surface area contributed by atoms with Gasteiger partial charge in [-0.3, -0.25) is 9.78 Å². The number of amides is 1. The van der Waals surface area contributed by atoms with Gasteiger partial charge >= 0.3 is 0 Å². The van der Waals surface area contributed by atoms with Gasteiger partial charge in [0.15, 0.2) is 11.0 Å². The van der Waals surface area contributed by atoms with Gasteiger partial charge in [0.05, 0.1) is 11.8 Å². The highest BCUT2D eigenvalue weighted by molar-refractivity contribution is 7.99. The molecule has 1 N–H and O–H groups in total. The lowest BCUT2D eigenvalue weighted by Gasteiger charge is -2.11. The quantitative estimate of drug-likeness (QED) is 0.504. The van der Waals surface area contributed by atoms with Crippen molar-refractivity contribution in [2.24, 2.45) is 7.05 Å². The fraction of sp³-hybridized carbons (Fsp3) is 0.200. The van der Waals surface area contributed by atoms with Crippen molar-refractivity contribution in [3.8, 4) is 11.4 Å². The number of furan rings is 1. The summed E-state index contributed by atoms with van der Waals surface area (Å²) in [6, 6.07) is 13.3. The lowest BCUT2D eigenvalue weighted by molar-refractivity contribution is -0.119. The van der Waals surface area contributed by atoms with Crippen LogP contribution >= 0.6 is 11.8 Å². The maximum atomic E-state index is 12.4. The fourth-order valence-corrected chi connectivity index (χ4v) is 3.61. The Morgan fingerprint density at radius 3 is 2.89 bits per heavy atom. The molecule has 1 aromatic carbocycles. The van der Waals surface area contributed by atoms with Crippen LogP contribution in [0.25, 0.3) is 22.4 Å². The van der Waals surface area contributed by atoms with Gasteiger partial charge in [-0.15, -0.1) is 10.2 Å². The average Bonchev–Trinajstić information content (AvgIpc) is 3.30. The van der Waals surface area contributed by atoms with Crippen LogP contribution in [-0.4, -0.2) is 31.4 Å². The predicted octanol–water partition coefficient (Wildman–Crippen LogP) is 3.59. The number of aromatic nitrogens is 4. The average molecular weight is 393 g/mol. The third-order valence-corrected chi connectivity index (χ3v) is 5.36. The third-order valence-electron chi connectivity index (χ3n) is 4.34. The Hall–Kier alpha value is -3.13. The van der Waals surface area contributed by atoms with Crippen molar-refractivity contribution in [3.63, 3.8) is 0 Å². The first kappa shape index (κ1) is 18.2. The standard InChI is InChI=1S/C20H19N5O2S/c1-13(17-10-14-6-3-4-8-16(14)27-17)22-18(26)12-28-20-24-23-19(25(20)2)15-7-5-9-21-11-15/h3-11,13H,12H2,1-2H3,(H,22,26)/t13-/m1/s1. The van der Waals surface area contributed by atoms with Crippen LogP contribution in [0.15, 0.2) is 64.4 Å². The van der Waals surface area contributed by atoms with Gasteiger partial charge in [-0.25, -0.2) is 0 Å². The minimum absolute atomic E-state index is 0.0936. The molecule has 3 heterocycles. The second kappa shape index (κ2) is 7.85. The number of pyridine rings is 1. The summed E-state index contributed by atoms with van der Waals surface area (Å²) in [5, 5.41) is 13.0. The van der Waals surface area contributed by atoms with Crippen molar-refractivity contribution in [1.29, 1.82) is 0 Å². The summed E-state index contributed by atoms with van der Waals surface area (Å²) in [5.41, 5.74) is 1.70. The zero-order valence-electron chi connectivity index (χ0n) is 15.5. The van der Waals surface area contributed by atoms with Crippen LogP contribution in [-0.2, 0) is 11.8 Å². The molecule has 0 saturated heterocycles. The second-order valence-corrected chi connectivity index (χ2v) is 7.31. The number of nitrogens with zero attached hydrogens (tertiary/aromatic N) is 4. The van der Waals surface area contributed by atoms with Gasteiger partial charge in [0.1, 0.15) is 11.3 Å². The minimum Gasteiger partial charge on any atom is -0.459 e. The molecule has 142 valence electrons. The van der Waals surface area contributed by atoms with Crippen LogP contribution in [0.3, 0.4) is 0 Å². The van der Waals surface area contributed by atoms with E-state index in [9.17, 15) is 4.79 Å². The number of hydrogen-bond donors (Lipinski definition) is 1. The predicted molar refractivity (Wildman–Crippen MR) is 108 cm³/mol. The van der Waals surface area contributed by atoms with E-state index < -0.39 is 0 Å². The molecule has 0 bridgehead atoms. The van der Waals surface area contributed by atoms with E-state index in [1.54, 1.807) is 12.4 Å². The number of hydrogen-bond acceptors (Lipinski definition) is 6. The lowest BCUT2D eigenvalue weighted by atomic mass is 10.2. The molecule has 0 spiro atoms. The molecule has 4 aromatic rings. The number of para-hydroxylation sites is 1. The van der Waals surface area contributed by atoms with Crippen LogP contribution < -0.4 is 5.32 Å². The molecular weight excluding hydrogens is 374 g/mol. The summed E-state index contributed by atoms with van der Waals surface area (Å²) in [4.78, 5) is 16.5. The number of benzene rings is 1. The molecule has 3 aromatic heterocycles. The van der Waals surface area contributed by atoms with Gasteiger partial charge in [0.25, 0.3) is 0 Å². The van der Waals surface area contributed by atoms with E-state index in [0.717, 1.165) is 22.3 Å². The Morgan fingerprint density at radius 2 is 2.11 bits per heavy atom. The molecule has 1 atom stereocenters. The molecular formula is C20H19N5O2S. The SMILES string of the molecule is C[C@@H](NC(=O)CSc1nnc(-c2cccnc2)n1C)c1cc2ccccc2o1. The zero-order valence-corrected chi connectivity index (χ0v) is 16.3. The number of fused-ring (bicyclic) bond motifs is 1. The monoisotopic (exact) mass is 393 g/mol. The molecule has 0 aliphatic carbocycles. The van der Waals surface area contributed by atoms with E-state index in [2.05, 4.69) is 20.5 Å². The van der Waals surface area contributed by atoms with Crippen LogP contribution in [0.4, 0.5) is 0 Å². The summed E-state index contributed by atoms with van der Waals surface area (Å²) >= 11 is 1.34. The topological polar surface area (TPSA) is 85.8 Å².